The van der Waals surface area contributed by atoms with Crippen LogP contribution in [-0.2, 0) is 0 Å². The number of hydrogen-bond donors (Lipinski definition) is 1. The Labute approximate surface area is 74.1 Å². The summed E-state index contributed by atoms with van der Waals surface area (Å²) >= 11 is 2.71. The van der Waals surface area contributed by atoms with Gasteiger partial charge in [0.05, 0.1) is 0 Å². The van der Waals surface area contributed by atoms with Crippen LogP contribution in [0.3, 0.4) is 0 Å². The lowest BCUT2D eigenvalue weighted by atomic mass is 10.3. The maximum absolute atomic E-state index is 11.9. The monoisotopic (exact) mass is 240 g/mol. The zero-order chi connectivity index (χ0) is 9.30. The number of hydrogen-bond acceptors (Lipinski definition) is 2. The molecule has 0 radical (unpaired) electrons. The Morgan fingerprint density at radius 2 is 2.25 bits per heavy atom. The summed E-state index contributed by atoms with van der Waals surface area (Å²) < 4.78 is 28.1. The van der Waals surface area contributed by atoms with Crippen LogP contribution in [0.2, 0.25) is 0 Å². The van der Waals surface area contributed by atoms with E-state index in [4.69, 9.17) is 5.11 Å². The van der Waals surface area contributed by atoms with Crippen molar-refractivity contribution < 1.29 is 23.1 Å². The van der Waals surface area contributed by atoms with E-state index in [9.17, 15) is 13.6 Å². The number of rotatable bonds is 2. The number of furan rings is 1. The number of carboxylic acids is 1. The van der Waals surface area contributed by atoms with Gasteiger partial charge in [-0.15, -0.1) is 0 Å². The van der Waals surface area contributed by atoms with E-state index >= 15 is 0 Å². The van der Waals surface area contributed by atoms with E-state index in [2.05, 4.69) is 20.3 Å². The third-order valence-electron chi connectivity index (χ3n) is 1.15. The molecule has 0 amide bonds. The van der Waals surface area contributed by atoms with Crippen molar-refractivity contribution in [1.82, 2.24) is 0 Å². The van der Waals surface area contributed by atoms with Gasteiger partial charge < -0.3 is 9.52 Å². The summed E-state index contributed by atoms with van der Waals surface area (Å²) in [6, 6.07) is 0.789. The van der Waals surface area contributed by atoms with Gasteiger partial charge in [0.15, 0.2) is 10.4 Å². The fourth-order valence-electron chi connectivity index (χ4n) is 0.640. The minimum Gasteiger partial charge on any atom is -0.478 e. The molecule has 3 nitrogen and oxygen atoms in total. The van der Waals surface area contributed by atoms with E-state index in [1.165, 1.54) is 0 Å². The minimum absolute atomic E-state index is 0.190. The molecule has 1 heterocycles. The van der Waals surface area contributed by atoms with Crippen LogP contribution in [0.15, 0.2) is 15.2 Å². The van der Waals surface area contributed by atoms with Crippen LogP contribution in [0.4, 0.5) is 8.78 Å². The molecule has 12 heavy (non-hydrogen) atoms. The van der Waals surface area contributed by atoms with Crippen molar-refractivity contribution in [3.05, 3.63) is 22.1 Å². The van der Waals surface area contributed by atoms with E-state index in [1.807, 2.05) is 0 Å². The number of halogens is 3. The van der Waals surface area contributed by atoms with Crippen LogP contribution in [0.25, 0.3) is 0 Å². The molecule has 0 spiro atoms. The van der Waals surface area contributed by atoms with Gasteiger partial charge in [-0.05, 0) is 15.9 Å². The van der Waals surface area contributed by atoms with Gasteiger partial charge in [0.1, 0.15) is 5.56 Å². The average molecular weight is 241 g/mol. The second kappa shape index (κ2) is 3.22. The molecule has 0 saturated heterocycles. The van der Waals surface area contributed by atoms with E-state index in [-0.39, 0.29) is 10.2 Å². The molecule has 0 aliphatic rings. The van der Waals surface area contributed by atoms with Crippen molar-refractivity contribution in [2.45, 2.75) is 6.43 Å². The molecule has 66 valence electrons. The minimum atomic E-state index is -2.80. The highest BCUT2D eigenvalue weighted by Crippen LogP contribution is 2.28. The second-order valence-corrected chi connectivity index (χ2v) is 2.66. The summed E-state index contributed by atoms with van der Waals surface area (Å²) in [5.41, 5.74) is -0.301. The van der Waals surface area contributed by atoms with Gasteiger partial charge >= 0.3 is 5.97 Å². The highest BCUT2D eigenvalue weighted by molar-refractivity contribution is 9.10. The van der Waals surface area contributed by atoms with Crippen LogP contribution in [-0.4, -0.2) is 11.1 Å². The first-order chi connectivity index (χ1) is 5.52. The van der Waals surface area contributed by atoms with E-state index in [0.717, 1.165) is 6.07 Å². The number of aromatic carboxylic acids is 1. The first-order valence-electron chi connectivity index (χ1n) is 2.83. The fourth-order valence-corrected chi connectivity index (χ4v) is 1.11. The van der Waals surface area contributed by atoms with E-state index in [1.54, 1.807) is 0 Å². The lowest BCUT2D eigenvalue weighted by Crippen LogP contribution is -1.93. The van der Waals surface area contributed by atoms with Crippen molar-refractivity contribution in [3.63, 3.8) is 0 Å². The summed E-state index contributed by atoms with van der Waals surface area (Å²) in [6.45, 7) is 0. The molecule has 0 aliphatic carbocycles. The predicted octanol–water partition coefficient (Wildman–Crippen LogP) is 2.68. The van der Waals surface area contributed by atoms with Gasteiger partial charge in [-0.1, -0.05) is 0 Å². The SMILES string of the molecule is O=C(O)c1cc(C(F)F)oc1Br. The molecule has 0 unspecified atom stereocenters. The Hall–Kier alpha value is -0.910. The predicted molar refractivity (Wildman–Crippen MR) is 38.3 cm³/mol. The molecule has 0 aliphatic heterocycles. The van der Waals surface area contributed by atoms with Crippen molar-refractivity contribution in [2.75, 3.05) is 0 Å². The summed E-state index contributed by atoms with van der Waals surface area (Å²) in [7, 11) is 0. The third kappa shape index (κ3) is 1.63. The Balaban J connectivity index is 3.09. The van der Waals surface area contributed by atoms with Gasteiger partial charge in [-0.2, -0.15) is 0 Å². The molecule has 1 rings (SSSR count). The molecular formula is C6H3BrF2O3. The van der Waals surface area contributed by atoms with Gasteiger partial charge in [-0.3, -0.25) is 0 Å². The molecule has 0 bridgehead atoms. The van der Waals surface area contributed by atoms with Crippen molar-refractivity contribution in [1.29, 1.82) is 0 Å². The van der Waals surface area contributed by atoms with Gasteiger partial charge in [0.2, 0.25) is 0 Å². The van der Waals surface area contributed by atoms with Crippen LogP contribution in [0.5, 0.6) is 0 Å². The molecule has 0 saturated carbocycles. The summed E-state index contributed by atoms with van der Waals surface area (Å²) in [5.74, 6) is -1.96. The molecule has 6 heteroatoms. The molecular weight excluding hydrogens is 238 g/mol. The van der Waals surface area contributed by atoms with Crippen LogP contribution >= 0.6 is 15.9 Å². The fraction of sp³-hybridized carbons (Fsp3) is 0.167. The largest absolute Gasteiger partial charge is 0.478 e. The number of alkyl halides is 2. The zero-order valence-corrected chi connectivity index (χ0v) is 7.14. The Kier molecular flexibility index (Phi) is 2.46. The lowest BCUT2D eigenvalue weighted by Gasteiger charge is -1.88. The van der Waals surface area contributed by atoms with Crippen molar-refractivity contribution >= 4 is 21.9 Å². The molecule has 1 aromatic heterocycles. The number of carboxylic acid groups (broad SMARTS) is 1. The van der Waals surface area contributed by atoms with Crippen LogP contribution in [0.1, 0.15) is 22.5 Å². The van der Waals surface area contributed by atoms with Gasteiger partial charge in [-0.25, -0.2) is 13.6 Å². The lowest BCUT2D eigenvalue weighted by molar-refractivity contribution is 0.0694. The standard InChI is InChI=1S/C6H3BrF2O3/c7-4-2(6(10)11)1-3(12-4)5(8)9/h1,5H,(H,10,11). The Morgan fingerprint density at radius 3 is 2.50 bits per heavy atom. The Bertz CT molecular complexity index is 308. The van der Waals surface area contributed by atoms with Crippen LogP contribution in [0, 0.1) is 0 Å². The zero-order valence-electron chi connectivity index (χ0n) is 5.55. The number of carbonyl (C=O) groups is 1. The normalized spacial score (nSPS) is 10.7. The molecule has 0 atom stereocenters. The third-order valence-corrected chi connectivity index (χ3v) is 1.74. The molecule has 1 aromatic rings. The first kappa shape index (κ1) is 9.18. The topological polar surface area (TPSA) is 50.4 Å². The van der Waals surface area contributed by atoms with E-state index in [0.29, 0.717) is 0 Å². The second-order valence-electron chi connectivity index (χ2n) is 1.94. The van der Waals surface area contributed by atoms with Gasteiger partial charge in [0, 0.05) is 6.07 Å². The average Bonchev–Trinajstić information content (AvgIpc) is 2.30. The van der Waals surface area contributed by atoms with Crippen molar-refractivity contribution in [3.8, 4) is 0 Å². The maximum Gasteiger partial charge on any atom is 0.340 e. The molecule has 0 fully saturated rings. The Morgan fingerprint density at radius 1 is 1.67 bits per heavy atom. The highest BCUT2D eigenvalue weighted by Gasteiger charge is 2.19. The molecule has 0 aromatic carbocycles. The quantitative estimate of drug-likeness (QED) is 0.865. The van der Waals surface area contributed by atoms with E-state index < -0.39 is 18.2 Å². The summed E-state index contributed by atoms with van der Waals surface area (Å²) in [4.78, 5) is 10.3. The first-order valence-corrected chi connectivity index (χ1v) is 3.62. The highest BCUT2D eigenvalue weighted by atomic mass is 79.9. The molecule has 1 N–H and O–H groups in total. The van der Waals surface area contributed by atoms with Gasteiger partial charge in [0.25, 0.3) is 6.43 Å². The van der Waals surface area contributed by atoms with Crippen LogP contribution < -0.4 is 0 Å². The maximum atomic E-state index is 11.9. The smallest absolute Gasteiger partial charge is 0.340 e. The van der Waals surface area contributed by atoms with Crippen molar-refractivity contribution in [2.24, 2.45) is 0 Å². The summed E-state index contributed by atoms with van der Waals surface area (Å²) in [6.07, 6.45) is -2.80. The summed E-state index contributed by atoms with van der Waals surface area (Å²) in [5, 5.41) is 8.43.